The lowest BCUT2D eigenvalue weighted by molar-refractivity contribution is -0.376. The van der Waals surface area contributed by atoms with Crippen molar-refractivity contribution in [2.45, 2.75) is 120 Å². The molecule has 264 valence electrons. The second-order valence-corrected chi connectivity index (χ2v) is 14.9. The minimum atomic E-state index is -0.838. The van der Waals surface area contributed by atoms with E-state index in [1.54, 1.807) is 11.3 Å². The van der Waals surface area contributed by atoms with Crippen molar-refractivity contribution in [1.82, 2.24) is 0 Å². The van der Waals surface area contributed by atoms with Crippen LogP contribution in [0, 0.1) is 0 Å². The average Bonchev–Trinajstić information content (AvgIpc) is 3.82. The van der Waals surface area contributed by atoms with Crippen LogP contribution in [0.2, 0.25) is 0 Å². The molecule has 5 aliphatic rings. The highest BCUT2D eigenvalue weighted by atomic mass is 32.1. The van der Waals surface area contributed by atoms with Gasteiger partial charge in [0.25, 0.3) is 0 Å². The molecule has 2 aromatic carbocycles. The first-order valence-electron chi connectivity index (χ1n) is 17.0. The summed E-state index contributed by atoms with van der Waals surface area (Å²) < 4.78 is 70.9. The molecule has 0 N–H and O–H groups in total. The zero-order valence-electron chi connectivity index (χ0n) is 28.1. The van der Waals surface area contributed by atoms with Crippen LogP contribution in [0.15, 0.2) is 78.2 Å². The van der Waals surface area contributed by atoms with Gasteiger partial charge in [0.15, 0.2) is 30.4 Å². The quantitative estimate of drug-likeness (QED) is 0.270. The molecule has 5 saturated heterocycles. The van der Waals surface area contributed by atoms with E-state index in [1.165, 1.54) is 0 Å². The van der Waals surface area contributed by atoms with Crippen molar-refractivity contribution in [3.8, 4) is 0 Å². The van der Waals surface area contributed by atoms with Crippen LogP contribution in [0.5, 0.6) is 0 Å². The van der Waals surface area contributed by atoms with Gasteiger partial charge in [-0.3, -0.25) is 0 Å². The molecule has 3 aromatic rings. The van der Waals surface area contributed by atoms with Crippen LogP contribution in [-0.4, -0.2) is 86.2 Å². The summed E-state index contributed by atoms with van der Waals surface area (Å²) in [6, 6.07) is 24.0. The fraction of sp³-hybridized carbons (Fsp3) is 0.568. The van der Waals surface area contributed by atoms with E-state index in [2.05, 4.69) is 0 Å². The highest BCUT2D eigenvalue weighted by Crippen LogP contribution is 2.45. The summed E-state index contributed by atoms with van der Waals surface area (Å²) in [6.07, 6.45) is -6.05. The Morgan fingerprint density at radius 1 is 0.673 bits per heavy atom. The molecule has 0 saturated carbocycles. The molecule has 11 nitrogen and oxygen atoms in total. The predicted octanol–water partition coefficient (Wildman–Crippen LogP) is 5.47. The summed E-state index contributed by atoms with van der Waals surface area (Å²) in [7, 11) is 0. The van der Waals surface area contributed by atoms with Crippen molar-refractivity contribution in [3.05, 3.63) is 94.2 Å². The maximum absolute atomic E-state index is 6.73. The Morgan fingerprint density at radius 3 is 2.16 bits per heavy atom. The fourth-order valence-corrected chi connectivity index (χ4v) is 7.81. The Morgan fingerprint density at radius 2 is 1.39 bits per heavy atom. The van der Waals surface area contributed by atoms with Crippen molar-refractivity contribution < 1.29 is 52.1 Å². The molecule has 5 aliphatic heterocycles. The monoisotopic (exact) mass is 696 g/mol. The van der Waals surface area contributed by atoms with E-state index in [-0.39, 0.29) is 13.2 Å². The number of fused-ring (bicyclic) bond motifs is 4. The van der Waals surface area contributed by atoms with Gasteiger partial charge in [0.1, 0.15) is 48.8 Å². The molecule has 1 aromatic heterocycles. The molecule has 0 radical (unpaired) electrons. The maximum Gasteiger partial charge on any atom is 0.190 e. The first-order valence-corrected chi connectivity index (χ1v) is 17.8. The van der Waals surface area contributed by atoms with E-state index in [0.29, 0.717) is 13.2 Å². The average molecular weight is 697 g/mol. The third kappa shape index (κ3) is 7.39. The number of ether oxygens (including phenoxy) is 11. The molecular formula is C37H44O11S. The van der Waals surface area contributed by atoms with Crippen molar-refractivity contribution >= 4 is 11.3 Å². The Balaban J connectivity index is 1.06. The van der Waals surface area contributed by atoms with Gasteiger partial charge < -0.3 is 52.1 Å². The smallest absolute Gasteiger partial charge is 0.190 e. The molecule has 11 atom stereocenters. The topological polar surface area (TPSA) is 102 Å². The summed E-state index contributed by atoms with van der Waals surface area (Å²) in [4.78, 5) is 1.07. The van der Waals surface area contributed by atoms with Gasteiger partial charge in [-0.1, -0.05) is 66.7 Å². The summed E-state index contributed by atoms with van der Waals surface area (Å²) in [5, 5.41) is 2.03. The SMILES string of the molecule is CC1(C)O[C@H]2[C@@H](O1)[C@@H](COC1O[C@@H]3COC(c4ccccc4)O[C@H]3[C@H](OCc3ccccc3)[C@H]1OCc1cccs1)O[C@@H]1OC(C)(C)O[C@@H]12. The number of rotatable bonds is 10. The second kappa shape index (κ2) is 14.0. The maximum atomic E-state index is 6.73. The van der Waals surface area contributed by atoms with Crippen LogP contribution < -0.4 is 0 Å². The van der Waals surface area contributed by atoms with Crippen molar-refractivity contribution in [3.63, 3.8) is 0 Å². The van der Waals surface area contributed by atoms with Crippen LogP contribution >= 0.6 is 11.3 Å². The Kier molecular flexibility index (Phi) is 9.68. The van der Waals surface area contributed by atoms with Crippen LogP contribution in [0.1, 0.15) is 50.0 Å². The van der Waals surface area contributed by atoms with Gasteiger partial charge in [-0.15, -0.1) is 11.3 Å². The van der Waals surface area contributed by atoms with E-state index >= 15 is 0 Å². The predicted molar refractivity (Wildman–Crippen MR) is 175 cm³/mol. The van der Waals surface area contributed by atoms with Gasteiger partial charge in [0.05, 0.1) is 26.4 Å². The molecular weight excluding hydrogens is 652 g/mol. The van der Waals surface area contributed by atoms with Gasteiger partial charge in [0.2, 0.25) is 0 Å². The molecule has 0 amide bonds. The van der Waals surface area contributed by atoms with Gasteiger partial charge in [0, 0.05) is 10.4 Å². The Hall–Kier alpha value is -2.30. The third-order valence-corrected chi connectivity index (χ3v) is 10.2. The van der Waals surface area contributed by atoms with Gasteiger partial charge >= 0.3 is 0 Å². The lowest BCUT2D eigenvalue weighted by atomic mass is 9.96. The summed E-state index contributed by atoms with van der Waals surface area (Å²) in [6.45, 7) is 8.62. The van der Waals surface area contributed by atoms with E-state index < -0.39 is 79.3 Å². The minimum Gasteiger partial charge on any atom is -0.368 e. The van der Waals surface area contributed by atoms with E-state index in [9.17, 15) is 0 Å². The first-order chi connectivity index (χ1) is 23.7. The van der Waals surface area contributed by atoms with Crippen molar-refractivity contribution in [2.75, 3.05) is 13.2 Å². The molecule has 2 unspecified atom stereocenters. The molecule has 0 bridgehead atoms. The van der Waals surface area contributed by atoms with Gasteiger partial charge in [-0.05, 0) is 44.7 Å². The zero-order chi connectivity index (χ0) is 33.6. The van der Waals surface area contributed by atoms with E-state index in [4.69, 9.17) is 52.1 Å². The number of benzene rings is 2. The van der Waals surface area contributed by atoms with Crippen molar-refractivity contribution in [1.29, 1.82) is 0 Å². The summed E-state index contributed by atoms with van der Waals surface area (Å²) in [5.41, 5.74) is 1.95. The third-order valence-electron chi connectivity index (χ3n) is 9.31. The Labute approximate surface area is 290 Å². The standard InChI is InChI=1S/C37H44O11S/c1-36(2)45-28-26(43-35-32(30(28)46-36)47-37(3,4)48-35)21-41-34-31(39-19-24-16-11-17-49-24)29(38-18-22-12-7-5-8-13-22)27-25(42-34)20-40-33(44-27)23-14-9-6-10-15-23/h5-17,25-35H,18-21H2,1-4H3/t25-,26-,27-,28+,29+,30+,31-,32-,33?,34?,35-/m1/s1. The molecule has 0 spiro atoms. The van der Waals surface area contributed by atoms with Gasteiger partial charge in [-0.2, -0.15) is 0 Å². The molecule has 49 heavy (non-hydrogen) atoms. The summed E-state index contributed by atoms with van der Waals surface area (Å²) in [5.74, 6) is -1.65. The lowest BCUT2D eigenvalue weighted by Gasteiger charge is -2.49. The van der Waals surface area contributed by atoms with E-state index in [1.807, 2.05) is 106 Å². The zero-order valence-corrected chi connectivity index (χ0v) is 28.9. The molecule has 0 aliphatic carbocycles. The fourth-order valence-electron chi connectivity index (χ4n) is 7.18. The van der Waals surface area contributed by atoms with Crippen LogP contribution in [-0.2, 0) is 65.3 Å². The molecule has 5 fully saturated rings. The lowest BCUT2D eigenvalue weighted by Crippen LogP contribution is -2.64. The summed E-state index contributed by atoms with van der Waals surface area (Å²) >= 11 is 1.62. The van der Waals surface area contributed by atoms with Crippen molar-refractivity contribution in [2.24, 2.45) is 0 Å². The van der Waals surface area contributed by atoms with Crippen LogP contribution in [0.3, 0.4) is 0 Å². The van der Waals surface area contributed by atoms with Gasteiger partial charge in [-0.25, -0.2) is 0 Å². The molecule has 12 heteroatoms. The number of thiophene rings is 1. The van der Waals surface area contributed by atoms with E-state index in [0.717, 1.165) is 16.0 Å². The van der Waals surface area contributed by atoms with Crippen LogP contribution in [0.25, 0.3) is 0 Å². The minimum absolute atomic E-state index is 0.119. The molecule has 6 heterocycles. The number of hydrogen-bond acceptors (Lipinski definition) is 12. The number of hydrogen-bond donors (Lipinski definition) is 0. The highest BCUT2D eigenvalue weighted by molar-refractivity contribution is 7.09. The second-order valence-electron chi connectivity index (χ2n) is 13.9. The normalized spacial score (nSPS) is 37.7. The Bertz CT molecular complexity index is 1510. The molecule has 8 rings (SSSR count). The van der Waals surface area contributed by atoms with Crippen LogP contribution in [0.4, 0.5) is 0 Å². The largest absolute Gasteiger partial charge is 0.368 e. The first kappa shape index (κ1) is 33.8. The highest BCUT2D eigenvalue weighted by Gasteiger charge is 2.61.